The van der Waals surface area contributed by atoms with Crippen LogP contribution in [0.25, 0.3) is 0 Å². The Kier molecular flexibility index (Phi) is 5.58. The highest BCUT2D eigenvalue weighted by molar-refractivity contribution is 5.17. The highest BCUT2D eigenvalue weighted by Crippen LogP contribution is 2.24. The van der Waals surface area contributed by atoms with Crippen molar-refractivity contribution in [2.75, 3.05) is 6.61 Å². The van der Waals surface area contributed by atoms with Gasteiger partial charge in [-0.1, -0.05) is 18.2 Å². The predicted octanol–water partition coefficient (Wildman–Crippen LogP) is 3.81. The summed E-state index contributed by atoms with van der Waals surface area (Å²) in [6.07, 6.45) is -1.79. The van der Waals surface area contributed by atoms with Crippen LogP contribution in [-0.4, -0.2) is 24.9 Å². The summed E-state index contributed by atoms with van der Waals surface area (Å²) in [5, 5.41) is 3.20. The molecule has 0 heterocycles. The van der Waals surface area contributed by atoms with E-state index in [1.807, 2.05) is 0 Å². The molecule has 0 aliphatic heterocycles. The molecule has 2 unspecified atom stereocenters. The predicted molar refractivity (Wildman–Crippen MR) is 71.3 cm³/mol. The first-order valence-corrected chi connectivity index (χ1v) is 7.09. The highest BCUT2D eigenvalue weighted by atomic mass is 19.4. The molecule has 21 heavy (non-hydrogen) atoms. The van der Waals surface area contributed by atoms with Gasteiger partial charge < -0.3 is 10.1 Å². The van der Waals surface area contributed by atoms with Crippen LogP contribution in [0.5, 0.6) is 0 Å². The van der Waals surface area contributed by atoms with Crippen molar-refractivity contribution < 1.29 is 22.3 Å². The lowest BCUT2D eigenvalue weighted by atomic mass is 9.92. The third-order valence-corrected chi connectivity index (χ3v) is 3.65. The molecule has 1 aromatic rings. The van der Waals surface area contributed by atoms with E-state index in [0.717, 1.165) is 12.8 Å². The Morgan fingerprint density at radius 1 is 1.19 bits per heavy atom. The fourth-order valence-corrected chi connectivity index (χ4v) is 2.59. The second-order valence-electron chi connectivity index (χ2n) is 5.38. The highest BCUT2D eigenvalue weighted by Gasteiger charge is 2.31. The van der Waals surface area contributed by atoms with Crippen LogP contribution in [0.1, 0.15) is 31.2 Å². The van der Waals surface area contributed by atoms with Gasteiger partial charge in [0.15, 0.2) is 0 Å². The van der Waals surface area contributed by atoms with Crippen molar-refractivity contribution in [3.05, 3.63) is 35.6 Å². The zero-order chi connectivity index (χ0) is 15.3. The van der Waals surface area contributed by atoms with Gasteiger partial charge in [0, 0.05) is 18.2 Å². The smallest absolute Gasteiger partial charge is 0.369 e. The van der Waals surface area contributed by atoms with E-state index in [-0.39, 0.29) is 18.0 Å². The molecule has 1 aromatic carbocycles. The number of alkyl halides is 3. The average Bonchev–Trinajstić information content (AvgIpc) is 2.44. The van der Waals surface area contributed by atoms with Gasteiger partial charge in [-0.05, 0) is 31.7 Å². The number of ether oxygens (including phenoxy) is 1. The minimum Gasteiger partial charge on any atom is -0.369 e. The summed E-state index contributed by atoms with van der Waals surface area (Å²) < 4.78 is 54.8. The second-order valence-corrected chi connectivity index (χ2v) is 5.38. The minimum atomic E-state index is -4.28. The molecule has 2 nitrogen and oxygen atoms in total. The summed E-state index contributed by atoms with van der Waals surface area (Å²) in [6, 6.07) is 6.55. The first-order chi connectivity index (χ1) is 9.94. The molecule has 1 aliphatic rings. The molecule has 0 radical (unpaired) electrons. The van der Waals surface area contributed by atoms with Crippen LogP contribution in [-0.2, 0) is 11.3 Å². The fourth-order valence-electron chi connectivity index (χ4n) is 2.59. The van der Waals surface area contributed by atoms with Crippen molar-refractivity contribution in [2.45, 2.75) is 50.6 Å². The van der Waals surface area contributed by atoms with E-state index < -0.39 is 12.8 Å². The first-order valence-electron chi connectivity index (χ1n) is 7.09. The Labute approximate surface area is 121 Å². The molecule has 0 saturated heterocycles. The summed E-state index contributed by atoms with van der Waals surface area (Å²) in [7, 11) is 0. The van der Waals surface area contributed by atoms with Crippen molar-refractivity contribution in [1.29, 1.82) is 0 Å². The van der Waals surface area contributed by atoms with Crippen molar-refractivity contribution >= 4 is 0 Å². The third-order valence-electron chi connectivity index (χ3n) is 3.65. The maximum absolute atomic E-state index is 13.5. The van der Waals surface area contributed by atoms with E-state index in [1.165, 1.54) is 6.07 Å². The molecule has 2 atom stereocenters. The number of halogens is 4. The zero-order valence-corrected chi connectivity index (χ0v) is 11.6. The normalized spacial score (nSPS) is 23.2. The molecule has 118 valence electrons. The van der Waals surface area contributed by atoms with Crippen LogP contribution in [0.4, 0.5) is 17.6 Å². The molecule has 0 amide bonds. The second kappa shape index (κ2) is 7.22. The van der Waals surface area contributed by atoms with Crippen molar-refractivity contribution in [1.82, 2.24) is 5.32 Å². The lowest BCUT2D eigenvalue weighted by molar-refractivity contribution is -0.188. The monoisotopic (exact) mass is 305 g/mol. The van der Waals surface area contributed by atoms with E-state index in [9.17, 15) is 17.6 Å². The van der Waals surface area contributed by atoms with Crippen molar-refractivity contribution in [3.63, 3.8) is 0 Å². The Morgan fingerprint density at radius 2 is 1.95 bits per heavy atom. The van der Waals surface area contributed by atoms with Crippen LogP contribution >= 0.6 is 0 Å². The summed E-state index contributed by atoms with van der Waals surface area (Å²) in [6.45, 7) is -0.818. The average molecular weight is 305 g/mol. The van der Waals surface area contributed by atoms with Gasteiger partial charge >= 0.3 is 6.18 Å². The fraction of sp³-hybridized carbons (Fsp3) is 0.600. The van der Waals surface area contributed by atoms with Gasteiger partial charge in [-0.3, -0.25) is 0 Å². The van der Waals surface area contributed by atoms with Crippen LogP contribution in [0.15, 0.2) is 24.3 Å². The maximum atomic E-state index is 13.5. The Hall–Kier alpha value is -1.14. The zero-order valence-electron chi connectivity index (χ0n) is 11.6. The molecular formula is C15H19F4NO. The van der Waals surface area contributed by atoms with Crippen molar-refractivity contribution in [3.8, 4) is 0 Å². The minimum absolute atomic E-state index is 0.0663. The Bertz CT molecular complexity index is 450. The largest absolute Gasteiger partial charge is 0.411 e. The van der Waals surface area contributed by atoms with Gasteiger partial charge in [0.25, 0.3) is 0 Å². The van der Waals surface area contributed by atoms with Gasteiger partial charge in [-0.2, -0.15) is 13.2 Å². The van der Waals surface area contributed by atoms with Crippen LogP contribution < -0.4 is 5.32 Å². The molecule has 1 N–H and O–H groups in total. The molecule has 2 rings (SSSR count). The number of hydrogen-bond acceptors (Lipinski definition) is 2. The van der Waals surface area contributed by atoms with Gasteiger partial charge in [0.05, 0.1) is 6.10 Å². The van der Waals surface area contributed by atoms with E-state index in [0.29, 0.717) is 24.9 Å². The summed E-state index contributed by atoms with van der Waals surface area (Å²) >= 11 is 0. The lowest BCUT2D eigenvalue weighted by Gasteiger charge is -2.30. The summed E-state index contributed by atoms with van der Waals surface area (Å²) in [5.41, 5.74) is 0.566. The van der Waals surface area contributed by atoms with Crippen LogP contribution in [0.3, 0.4) is 0 Å². The lowest BCUT2D eigenvalue weighted by Crippen LogP contribution is -2.38. The maximum Gasteiger partial charge on any atom is 0.411 e. The summed E-state index contributed by atoms with van der Waals surface area (Å²) in [5.74, 6) is -0.273. The number of nitrogens with one attached hydrogen (secondary N) is 1. The van der Waals surface area contributed by atoms with E-state index >= 15 is 0 Å². The van der Waals surface area contributed by atoms with E-state index in [2.05, 4.69) is 5.32 Å². The van der Waals surface area contributed by atoms with Gasteiger partial charge in [-0.15, -0.1) is 0 Å². The molecule has 0 spiro atoms. The topological polar surface area (TPSA) is 21.3 Å². The van der Waals surface area contributed by atoms with Gasteiger partial charge in [-0.25, -0.2) is 4.39 Å². The Morgan fingerprint density at radius 3 is 2.67 bits per heavy atom. The third kappa shape index (κ3) is 5.63. The van der Waals surface area contributed by atoms with Crippen LogP contribution in [0.2, 0.25) is 0 Å². The quantitative estimate of drug-likeness (QED) is 0.835. The Balaban J connectivity index is 1.78. The van der Waals surface area contributed by atoms with Crippen LogP contribution in [0, 0.1) is 5.82 Å². The van der Waals surface area contributed by atoms with E-state index in [1.54, 1.807) is 18.2 Å². The number of benzene rings is 1. The number of rotatable bonds is 5. The molecule has 1 fully saturated rings. The first kappa shape index (κ1) is 16.2. The summed E-state index contributed by atoms with van der Waals surface area (Å²) in [4.78, 5) is 0. The van der Waals surface area contributed by atoms with Gasteiger partial charge in [0.1, 0.15) is 12.4 Å². The standard InChI is InChI=1S/C15H19F4NO/c16-14-7-2-1-4-11(14)9-20-12-5-3-6-13(8-12)21-10-15(17,18)19/h1-2,4,7,12-13,20H,3,5-6,8-10H2. The van der Waals surface area contributed by atoms with Crippen molar-refractivity contribution in [2.24, 2.45) is 0 Å². The SMILES string of the molecule is Fc1ccccc1CNC1CCCC(OCC(F)(F)F)C1. The molecular weight excluding hydrogens is 286 g/mol. The van der Waals surface area contributed by atoms with E-state index in [4.69, 9.17) is 4.74 Å². The number of hydrogen-bond donors (Lipinski definition) is 1. The molecule has 0 bridgehead atoms. The molecule has 1 aliphatic carbocycles. The molecule has 1 saturated carbocycles. The molecule has 0 aromatic heterocycles. The van der Waals surface area contributed by atoms with Gasteiger partial charge in [0.2, 0.25) is 0 Å². The molecule has 6 heteroatoms.